The third-order valence-corrected chi connectivity index (χ3v) is 5.02. The van der Waals surface area contributed by atoms with Gasteiger partial charge in [0.1, 0.15) is 0 Å². The molecule has 0 bridgehead atoms. The van der Waals surface area contributed by atoms with Crippen LogP contribution in [0.25, 0.3) is 0 Å². The van der Waals surface area contributed by atoms with Crippen LogP contribution in [-0.2, 0) is 4.74 Å². The van der Waals surface area contributed by atoms with Crippen LogP contribution in [0.3, 0.4) is 0 Å². The predicted molar refractivity (Wildman–Crippen MR) is 134 cm³/mol. The monoisotopic (exact) mass is 466 g/mol. The van der Waals surface area contributed by atoms with Gasteiger partial charge in [-0.2, -0.15) is 10.1 Å². The zero-order valence-corrected chi connectivity index (χ0v) is 19.8. The number of nitrogens with one attached hydrogen (secondary N) is 2. The fourth-order valence-electron chi connectivity index (χ4n) is 3.25. The average Bonchev–Trinajstić information content (AvgIpc) is 3.13. The van der Waals surface area contributed by atoms with Crippen LogP contribution in [0, 0.1) is 5.82 Å². The summed E-state index contributed by atoms with van der Waals surface area (Å²) in [5.74, 6) is -0.0213. The topological polar surface area (TPSA) is 90.8 Å². The van der Waals surface area contributed by atoms with Crippen molar-refractivity contribution in [2.45, 2.75) is 13.3 Å². The largest absolute Gasteiger partial charge is 0.380 e. The molecule has 2 aromatic rings. The van der Waals surface area contributed by atoms with Crippen molar-refractivity contribution in [1.82, 2.24) is 19.9 Å². The normalized spacial score (nSPS) is 15.2. The van der Waals surface area contributed by atoms with Gasteiger partial charge >= 0.3 is 0 Å². The minimum Gasteiger partial charge on any atom is -0.380 e. The number of hydrogen-bond donors (Lipinski definition) is 2. The number of halogens is 1. The zero-order valence-electron chi connectivity index (χ0n) is 19.8. The maximum Gasteiger partial charge on any atom is 0.245 e. The summed E-state index contributed by atoms with van der Waals surface area (Å²) in [5, 5.41) is 7.42. The van der Waals surface area contributed by atoms with Crippen molar-refractivity contribution >= 4 is 23.7 Å². The fourth-order valence-corrected chi connectivity index (χ4v) is 3.25. The molecular formula is C24H31FN8O. The molecule has 0 aliphatic carbocycles. The maximum absolute atomic E-state index is 14.3. The van der Waals surface area contributed by atoms with Gasteiger partial charge in [0.25, 0.3) is 0 Å². The lowest BCUT2D eigenvalue weighted by molar-refractivity contribution is 0.152. The Kier molecular flexibility index (Phi) is 9.10. The highest BCUT2D eigenvalue weighted by Gasteiger charge is 2.16. The number of allylic oxidation sites excluding steroid dienone is 3. The highest BCUT2D eigenvalue weighted by molar-refractivity contribution is 5.78. The molecule has 1 aliphatic rings. The fraction of sp³-hybridized carbons (Fsp3) is 0.333. The van der Waals surface area contributed by atoms with Gasteiger partial charge in [0, 0.05) is 45.2 Å². The van der Waals surface area contributed by atoms with E-state index in [1.165, 1.54) is 0 Å². The lowest BCUT2D eigenvalue weighted by Crippen LogP contribution is -2.28. The number of hydrogen-bond acceptors (Lipinski definition) is 9. The molecule has 1 saturated heterocycles. The van der Waals surface area contributed by atoms with E-state index in [0.717, 1.165) is 29.7 Å². The third kappa shape index (κ3) is 7.11. The van der Waals surface area contributed by atoms with Crippen LogP contribution in [-0.4, -0.2) is 66.5 Å². The Labute approximate surface area is 199 Å². The standard InChI is InChI=1S/C24H31FN8O/c1-5-18(14-21(6-2)32(3)4)29-20-9-8-19(26-15-20)16-28-31-24-27-17-22(25)23(30-24)33-10-7-12-34-13-11-33/h5-6,8-9,14-17,29H,1,7,10-13H2,2-4H3,(H,27,30,31)/b18-14+,21-6+,28-16+. The van der Waals surface area contributed by atoms with Gasteiger partial charge in [-0.15, -0.1) is 0 Å². The molecule has 0 spiro atoms. The molecule has 3 heterocycles. The van der Waals surface area contributed by atoms with Crippen LogP contribution in [0.1, 0.15) is 19.0 Å². The molecule has 0 unspecified atom stereocenters. The van der Waals surface area contributed by atoms with Gasteiger partial charge in [-0.25, -0.2) is 14.8 Å². The number of anilines is 3. The predicted octanol–water partition coefficient (Wildman–Crippen LogP) is 3.63. The Bertz CT molecular complexity index is 1040. The third-order valence-electron chi connectivity index (χ3n) is 5.02. The van der Waals surface area contributed by atoms with Crippen molar-refractivity contribution < 1.29 is 9.13 Å². The van der Waals surface area contributed by atoms with Crippen LogP contribution in [0.2, 0.25) is 0 Å². The number of rotatable bonds is 9. The average molecular weight is 467 g/mol. The Morgan fingerprint density at radius 3 is 2.79 bits per heavy atom. The van der Waals surface area contributed by atoms with E-state index in [9.17, 15) is 4.39 Å². The van der Waals surface area contributed by atoms with E-state index < -0.39 is 5.82 Å². The summed E-state index contributed by atoms with van der Waals surface area (Å²) < 4.78 is 19.7. The summed E-state index contributed by atoms with van der Waals surface area (Å²) in [4.78, 5) is 16.5. The van der Waals surface area contributed by atoms with Crippen molar-refractivity contribution in [3.8, 4) is 0 Å². The summed E-state index contributed by atoms with van der Waals surface area (Å²) in [6.45, 7) is 8.31. The van der Waals surface area contributed by atoms with E-state index in [0.29, 0.717) is 32.0 Å². The van der Waals surface area contributed by atoms with Gasteiger partial charge in [0.15, 0.2) is 11.6 Å². The summed E-state index contributed by atoms with van der Waals surface area (Å²) >= 11 is 0. The van der Waals surface area contributed by atoms with E-state index in [1.54, 1.807) is 18.5 Å². The molecule has 0 saturated carbocycles. The quantitative estimate of drug-likeness (QED) is 0.329. The summed E-state index contributed by atoms with van der Waals surface area (Å²) in [5.41, 5.74) is 6.11. The van der Waals surface area contributed by atoms with Crippen LogP contribution in [0.5, 0.6) is 0 Å². The number of hydrazone groups is 1. The van der Waals surface area contributed by atoms with Crippen molar-refractivity contribution in [2.75, 3.05) is 56.0 Å². The van der Waals surface area contributed by atoms with Crippen LogP contribution in [0.4, 0.5) is 21.8 Å². The molecular weight excluding hydrogens is 435 g/mol. The molecule has 0 radical (unpaired) electrons. The highest BCUT2D eigenvalue weighted by atomic mass is 19.1. The number of nitrogens with zero attached hydrogens (tertiary/aromatic N) is 6. The molecule has 0 aromatic carbocycles. The van der Waals surface area contributed by atoms with Gasteiger partial charge in [-0.3, -0.25) is 4.98 Å². The van der Waals surface area contributed by atoms with Gasteiger partial charge < -0.3 is 19.9 Å². The minimum absolute atomic E-state index is 0.206. The number of ether oxygens (including phenoxy) is 1. The first kappa shape index (κ1) is 24.8. The second-order valence-electron chi connectivity index (χ2n) is 7.70. The first-order chi connectivity index (χ1) is 16.5. The van der Waals surface area contributed by atoms with Gasteiger partial charge in [0.2, 0.25) is 5.95 Å². The molecule has 0 amide bonds. The lowest BCUT2D eigenvalue weighted by atomic mass is 10.2. The van der Waals surface area contributed by atoms with Crippen molar-refractivity contribution in [1.29, 1.82) is 0 Å². The van der Waals surface area contributed by atoms with E-state index in [1.807, 2.05) is 55.1 Å². The lowest BCUT2D eigenvalue weighted by Gasteiger charge is -2.21. The molecule has 34 heavy (non-hydrogen) atoms. The molecule has 1 fully saturated rings. The van der Waals surface area contributed by atoms with E-state index in [-0.39, 0.29) is 11.8 Å². The molecule has 180 valence electrons. The van der Waals surface area contributed by atoms with E-state index in [2.05, 4.69) is 37.4 Å². The summed E-state index contributed by atoms with van der Waals surface area (Å²) in [6.07, 6.45) is 11.0. The molecule has 10 heteroatoms. The van der Waals surface area contributed by atoms with Crippen molar-refractivity contribution in [3.63, 3.8) is 0 Å². The number of likely N-dealkylation sites (N-methyl/N-ethyl adjacent to an activating group) is 1. The van der Waals surface area contributed by atoms with Crippen LogP contribution >= 0.6 is 0 Å². The maximum atomic E-state index is 14.3. The second-order valence-corrected chi connectivity index (χ2v) is 7.70. The first-order valence-corrected chi connectivity index (χ1v) is 11.1. The first-order valence-electron chi connectivity index (χ1n) is 11.1. The van der Waals surface area contributed by atoms with Crippen LogP contribution in [0.15, 0.2) is 65.8 Å². The van der Waals surface area contributed by atoms with Crippen molar-refractivity contribution in [3.05, 3.63) is 72.2 Å². The minimum atomic E-state index is -0.471. The molecule has 9 nitrogen and oxygen atoms in total. The molecule has 3 rings (SSSR count). The Morgan fingerprint density at radius 2 is 2.09 bits per heavy atom. The van der Waals surface area contributed by atoms with Crippen LogP contribution < -0.4 is 15.6 Å². The second kappa shape index (κ2) is 12.4. The Morgan fingerprint density at radius 1 is 1.24 bits per heavy atom. The number of pyridine rings is 1. The SMILES string of the molecule is C=C/C(=C\C(=C/C)N(C)C)Nc1ccc(/C=N/Nc2ncc(F)c(N3CCCOCC3)n2)nc1. The van der Waals surface area contributed by atoms with E-state index >= 15 is 0 Å². The molecule has 2 N–H and O–H groups in total. The molecule has 0 atom stereocenters. The highest BCUT2D eigenvalue weighted by Crippen LogP contribution is 2.19. The van der Waals surface area contributed by atoms with Gasteiger partial charge in [-0.1, -0.05) is 12.7 Å². The number of aromatic nitrogens is 3. The van der Waals surface area contributed by atoms with Gasteiger partial charge in [-0.05, 0) is 37.6 Å². The Balaban J connectivity index is 1.62. The van der Waals surface area contributed by atoms with Gasteiger partial charge in [0.05, 0.1) is 36.6 Å². The zero-order chi connectivity index (χ0) is 24.3. The Hall–Kier alpha value is -3.79. The molecule has 2 aromatic heterocycles. The summed E-state index contributed by atoms with van der Waals surface area (Å²) in [7, 11) is 3.97. The van der Waals surface area contributed by atoms with Crippen molar-refractivity contribution in [2.24, 2.45) is 5.10 Å². The summed E-state index contributed by atoms with van der Waals surface area (Å²) in [6, 6.07) is 3.72. The molecule has 1 aliphatic heterocycles. The smallest absolute Gasteiger partial charge is 0.245 e. The van der Waals surface area contributed by atoms with E-state index in [4.69, 9.17) is 4.74 Å².